The SMILES string of the molecule is O=C(Nc1cncc(C(=O)O)c1)Nc1ccc(F)c(F)c1. The van der Waals surface area contributed by atoms with Gasteiger partial charge in [0.1, 0.15) is 0 Å². The Kier molecular flexibility index (Phi) is 4.07. The Morgan fingerprint density at radius 1 is 1.00 bits per heavy atom. The Morgan fingerprint density at radius 2 is 1.71 bits per heavy atom. The maximum absolute atomic E-state index is 13.0. The van der Waals surface area contributed by atoms with Crippen molar-refractivity contribution in [3.63, 3.8) is 0 Å². The van der Waals surface area contributed by atoms with Crippen LogP contribution in [-0.4, -0.2) is 22.1 Å². The van der Waals surface area contributed by atoms with E-state index in [9.17, 15) is 18.4 Å². The van der Waals surface area contributed by atoms with Gasteiger partial charge < -0.3 is 15.7 Å². The normalized spacial score (nSPS) is 10.0. The standard InChI is InChI=1S/C13H9F2N3O3/c14-10-2-1-8(4-11(10)15)17-13(21)18-9-3-7(12(19)20)5-16-6-9/h1-6H,(H,19,20)(H2,17,18,21). The first-order valence-electron chi connectivity index (χ1n) is 5.67. The fourth-order valence-electron chi connectivity index (χ4n) is 1.49. The van der Waals surface area contributed by atoms with Gasteiger partial charge in [-0.3, -0.25) is 4.98 Å². The molecule has 0 saturated heterocycles. The zero-order valence-corrected chi connectivity index (χ0v) is 10.4. The van der Waals surface area contributed by atoms with Crippen molar-refractivity contribution >= 4 is 23.4 Å². The van der Waals surface area contributed by atoms with Gasteiger partial charge in [-0.2, -0.15) is 0 Å². The van der Waals surface area contributed by atoms with Gasteiger partial charge in [-0.25, -0.2) is 18.4 Å². The first-order chi connectivity index (χ1) is 9.95. The van der Waals surface area contributed by atoms with Crippen LogP contribution < -0.4 is 10.6 Å². The van der Waals surface area contributed by atoms with Crippen LogP contribution in [0.25, 0.3) is 0 Å². The summed E-state index contributed by atoms with van der Waals surface area (Å²) in [6, 6.07) is 3.34. The van der Waals surface area contributed by atoms with Crippen molar-refractivity contribution in [3.05, 3.63) is 53.9 Å². The molecule has 0 fully saturated rings. The molecule has 8 heteroatoms. The third kappa shape index (κ3) is 3.72. The van der Waals surface area contributed by atoms with Crippen LogP contribution in [-0.2, 0) is 0 Å². The van der Waals surface area contributed by atoms with E-state index in [1.165, 1.54) is 18.3 Å². The number of hydrogen-bond donors (Lipinski definition) is 3. The number of carbonyl (C=O) groups excluding carboxylic acids is 1. The molecule has 1 heterocycles. The van der Waals surface area contributed by atoms with Gasteiger partial charge in [0, 0.05) is 18.0 Å². The largest absolute Gasteiger partial charge is 0.478 e. The number of aromatic nitrogens is 1. The summed E-state index contributed by atoms with van der Waals surface area (Å²) in [4.78, 5) is 26.1. The number of anilines is 2. The lowest BCUT2D eigenvalue weighted by molar-refractivity contribution is 0.0696. The van der Waals surface area contributed by atoms with Crippen LogP contribution in [0.15, 0.2) is 36.7 Å². The third-order valence-corrected chi connectivity index (χ3v) is 2.42. The summed E-state index contributed by atoms with van der Waals surface area (Å²) < 4.78 is 25.7. The van der Waals surface area contributed by atoms with E-state index in [0.717, 1.165) is 18.3 Å². The van der Waals surface area contributed by atoms with Crippen LogP contribution in [0.3, 0.4) is 0 Å². The minimum absolute atomic E-state index is 0.0498. The number of pyridine rings is 1. The van der Waals surface area contributed by atoms with Crippen molar-refractivity contribution in [2.75, 3.05) is 10.6 Å². The van der Waals surface area contributed by atoms with E-state index in [-0.39, 0.29) is 16.9 Å². The van der Waals surface area contributed by atoms with Gasteiger partial charge in [-0.1, -0.05) is 0 Å². The number of halogens is 2. The first kappa shape index (κ1) is 14.4. The smallest absolute Gasteiger partial charge is 0.337 e. The van der Waals surface area contributed by atoms with Gasteiger partial charge in [0.25, 0.3) is 0 Å². The fourth-order valence-corrected chi connectivity index (χ4v) is 1.49. The molecule has 0 aliphatic carbocycles. The molecule has 1 aromatic carbocycles. The summed E-state index contributed by atoms with van der Waals surface area (Å²) in [5.41, 5.74) is 0.101. The number of benzene rings is 1. The van der Waals surface area contributed by atoms with Crippen LogP contribution in [0.1, 0.15) is 10.4 Å². The highest BCUT2D eigenvalue weighted by atomic mass is 19.2. The van der Waals surface area contributed by atoms with Gasteiger partial charge in [-0.05, 0) is 18.2 Å². The highest BCUT2D eigenvalue weighted by Crippen LogP contribution is 2.14. The first-order valence-corrected chi connectivity index (χ1v) is 5.67. The Bertz CT molecular complexity index is 707. The van der Waals surface area contributed by atoms with Crippen molar-refractivity contribution in [1.29, 1.82) is 0 Å². The molecule has 0 spiro atoms. The molecule has 0 aliphatic heterocycles. The molecule has 108 valence electrons. The number of hydrogen-bond acceptors (Lipinski definition) is 3. The Hall–Kier alpha value is -3.03. The highest BCUT2D eigenvalue weighted by Gasteiger charge is 2.08. The van der Waals surface area contributed by atoms with Gasteiger partial charge in [0.05, 0.1) is 17.4 Å². The van der Waals surface area contributed by atoms with E-state index in [0.29, 0.717) is 0 Å². The van der Waals surface area contributed by atoms with Gasteiger partial charge in [-0.15, -0.1) is 0 Å². The third-order valence-electron chi connectivity index (χ3n) is 2.42. The van der Waals surface area contributed by atoms with Crippen molar-refractivity contribution in [2.45, 2.75) is 0 Å². The van der Waals surface area contributed by atoms with Gasteiger partial charge in [0.2, 0.25) is 0 Å². The van der Waals surface area contributed by atoms with E-state index >= 15 is 0 Å². The molecule has 3 N–H and O–H groups in total. The molecule has 6 nitrogen and oxygen atoms in total. The van der Waals surface area contributed by atoms with Gasteiger partial charge in [0.15, 0.2) is 11.6 Å². The van der Waals surface area contributed by atoms with Gasteiger partial charge >= 0.3 is 12.0 Å². The minimum Gasteiger partial charge on any atom is -0.478 e. The zero-order valence-electron chi connectivity index (χ0n) is 10.4. The maximum Gasteiger partial charge on any atom is 0.337 e. The molecule has 21 heavy (non-hydrogen) atoms. The molecule has 2 aromatic rings. The van der Waals surface area contributed by atoms with E-state index in [1.54, 1.807) is 0 Å². The monoisotopic (exact) mass is 293 g/mol. The average molecular weight is 293 g/mol. The Labute approximate surface area is 117 Å². The summed E-state index contributed by atoms with van der Waals surface area (Å²) in [5, 5.41) is 13.4. The molecule has 0 bridgehead atoms. The van der Waals surface area contributed by atoms with Crippen LogP contribution in [0.5, 0.6) is 0 Å². The fraction of sp³-hybridized carbons (Fsp3) is 0. The van der Waals surface area contributed by atoms with Crippen LogP contribution >= 0.6 is 0 Å². The number of rotatable bonds is 3. The second kappa shape index (κ2) is 5.95. The van der Waals surface area contributed by atoms with Crippen molar-refractivity contribution < 1.29 is 23.5 Å². The number of amides is 2. The second-order valence-corrected chi connectivity index (χ2v) is 3.98. The predicted octanol–water partition coefficient (Wildman–Crippen LogP) is 2.70. The number of nitrogens with zero attached hydrogens (tertiary/aromatic N) is 1. The van der Waals surface area contributed by atoms with Crippen molar-refractivity contribution in [1.82, 2.24) is 4.98 Å². The summed E-state index contributed by atoms with van der Waals surface area (Å²) in [7, 11) is 0. The number of aromatic carboxylic acids is 1. The summed E-state index contributed by atoms with van der Waals surface area (Å²) >= 11 is 0. The highest BCUT2D eigenvalue weighted by molar-refractivity contribution is 6.00. The number of carboxylic acids is 1. The lowest BCUT2D eigenvalue weighted by Crippen LogP contribution is -2.20. The lowest BCUT2D eigenvalue weighted by Gasteiger charge is -2.08. The maximum atomic E-state index is 13.0. The summed E-state index contributed by atoms with van der Waals surface area (Å²) in [6.07, 6.45) is 2.37. The number of carbonyl (C=O) groups is 2. The lowest BCUT2D eigenvalue weighted by atomic mass is 10.2. The van der Waals surface area contributed by atoms with Crippen LogP contribution in [0, 0.1) is 11.6 Å². The summed E-state index contributed by atoms with van der Waals surface area (Å²) in [6.45, 7) is 0. The molecule has 0 radical (unpaired) electrons. The van der Waals surface area contributed by atoms with Crippen LogP contribution in [0.4, 0.5) is 25.0 Å². The van der Waals surface area contributed by atoms with Crippen molar-refractivity contribution in [2.24, 2.45) is 0 Å². The zero-order chi connectivity index (χ0) is 15.4. The van der Waals surface area contributed by atoms with Crippen LogP contribution in [0.2, 0.25) is 0 Å². The van der Waals surface area contributed by atoms with E-state index in [4.69, 9.17) is 5.11 Å². The molecule has 0 saturated carbocycles. The molecular formula is C13H9F2N3O3. The Balaban J connectivity index is 2.06. The molecule has 0 aliphatic rings. The molecular weight excluding hydrogens is 284 g/mol. The second-order valence-electron chi connectivity index (χ2n) is 3.98. The predicted molar refractivity (Wildman–Crippen MR) is 70.2 cm³/mol. The minimum atomic E-state index is -1.19. The average Bonchev–Trinajstić information content (AvgIpc) is 2.43. The molecule has 2 amide bonds. The number of urea groups is 1. The number of nitrogens with one attached hydrogen (secondary N) is 2. The molecule has 2 rings (SSSR count). The molecule has 0 unspecified atom stereocenters. The number of carboxylic acid groups (broad SMARTS) is 1. The Morgan fingerprint density at radius 3 is 2.38 bits per heavy atom. The van der Waals surface area contributed by atoms with E-state index in [1.807, 2.05) is 0 Å². The quantitative estimate of drug-likeness (QED) is 0.811. The summed E-state index contributed by atoms with van der Waals surface area (Å²) in [5.74, 6) is -3.31. The molecule has 0 atom stereocenters. The molecule has 1 aromatic heterocycles. The van der Waals surface area contributed by atoms with E-state index in [2.05, 4.69) is 15.6 Å². The topological polar surface area (TPSA) is 91.3 Å². The van der Waals surface area contributed by atoms with Crippen molar-refractivity contribution in [3.8, 4) is 0 Å². The van der Waals surface area contributed by atoms with E-state index < -0.39 is 23.6 Å².